The molecule has 0 spiro atoms. The van der Waals surface area contributed by atoms with Crippen LogP contribution < -0.4 is 0 Å². The zero-order chi connectivity index (χ0) is 8.27. The van der Waals surface area contributed by atoms with Crippen LogP contribution in [0.5, 0.6) is 0 Å². The van der Waals surface area contributed by atoms with Crippen molar-refractivity contribution in [2.45, 2.75) is 33.1 Å². The molecule has 1 saturated heterocycles. The maximum atomic E-state index is 11.0. The van der Waals surface area contributed by atoms with Gasteiger partial charge in [-0.3, -0.25) is 4.21 Å². The third-order valence-corrected chi connectivity index (χ3v) is 3.69. The molecule has 0 aromatic heterocycles. The second-order valence-corrected chi connectivity index (χ2v) is 5.62. The van der Waals surface area contributed by atoms with E-state index in [1.54, 1.807) is 0 Å². The Morgan fingerprint density at radius 3 is 2.36 bits per heavy atom. The van der Waals surface area contributed by atoms with Gasteiger partial charge in [-0.15, -0.1) is 0 Å². The molecule has 66 valence electrons. The summed E-state index contributed by atoms with van der Waals surface area (Å²) in [5, 5.41) is 0. The standard InChI is InChI=1S/C9H18OS/c1-8(2)7-9-3-5-11(10)6-4-9/h8-9H,3-7H2,1-2H3. The maximum absolute atomic E-state index is 11.0. The lowest BCUT2D eigenvalue weighted by Crippen LogP contribution is -2.19. The van der Waals surface area contributed by atoms with Crippen molar-refractivity contribution >= 4 is 10.8 Å². The Bertz CT molecular complexity index is 132. The Morgan fingerprint density at radius 1 is 1.36 bits per heavy atom. The zero-order valence-corrected chi connectivity index (χ0v) is 8.32. The van der Waals surface area contributed by atoms with Gasteiger partial charge >= 0.3 is 0 Å². The van der Waals surface area contributed by atoms with Gasteiger partial charge in [-0.1, -0.05) is 13.8 Å². The zero-order valence-electron chi connectivity index (χ0n) is 7.51. The summed E-state index contributed by atoms with van der Waals surface area (Å²) in [5.74, 6) is 3.59. The normalized spacial score (nSPS) is 32.6. The Morgan fingerprint density at radius 2 is 1.91 bits per heavy atom. The molecule has 0 atom stereocenters. The van der Waals surface area contributed by atoms with Crippen molar-refractivity contribution in [3.63, 3.8) is 0 Å². The fraction of sp³-hybridized carbons (Fsp3) is 1.00. The Balaban J connectivity index is 2.22. The first-order chi connectivity index (χ1) is 5.18. The molecular formula is C9H18OS. The SMILES string of the molecule is CC(C)CC1CCS(=O)CC1. The molecule has 0 unspecified atom stereocenters. The average molecular weight is 174 g/mol. The molecule has 1 fully saturated rings. The molecule has 11 heavy (non-hydrogen) atoms. The van der Waals surface area contributed by atoms with Gasteiger partial charge in [0.2, 0.25) is 0 Å². The van der Waals surface area contributed by atoms with Crippen LogP contribution in [0.3, 0.4) is 0 Å². The number of hydrogen-bond donors (Lipinski definition) is 0. The van der Waals surface area contributed by atoms with Gasteiger partial charge in [0.15, 0.2) is 0 Å². The first kappa shape index (κ1) is 9.24. The van der Waals surface area contributed by atoms with E-state index in [-0.39, 0.29) is 0 Å². The van der Waals surface area contributed by atoms with Crippen molar-refractivity contribution in [2.24, 2.45) is 11.8 Å². The molecule has 2 heteroatoms. The van der Waals surface area contributed by atoms with Crippen LogP contribution in [0.2, 0.25) is 0 Å². The summed E-state index contributed by atoms with van der Waals surface area (Å²) in [6.45, 7) is 4.54. The minimum absolute atomic E-state index is 0.476. The molecule has 0 aliphatic carbocycles. The smallest absolute Gasteiger partial charge is 0.0237 e. The summed E-state index contributed by atoms with van der Waals surface area (Å²) in [6, 6.07) is 0. The van der Waals surface area contributed by atoms with Crippen LogP contribution in [0.4, 0.5) is 0 Å². The van der Waals surface area contributed by atoms with Crippen LogP contribution >= 0.6 is 0 Å². The quantitative estimate of drug-likeness (QED) is 0.627. The van der Waals surface area contributed by atoms with E-state index in [0.717, 1.165) is 23.3 Å². The molecule has 1 aliphatic rings. The first-order valence-electron chi connectivity index (χ1n) is 4.53. The monoisotopic (exact) mass is 174 g/mol. The minimum atomic E-state index is -0.476. The highest BCUT2D eigenvalue weighted by Gasteiger charge is 2.18. The molecule has 1 nitrogen and oxygen atoms in total. The van der Waals surface area contributed by atoms with Crippen molar-refractivity contribution in [3.8, 4) is 0 Å². The highest BCUT2D eigenvalue weighted by molar-refractivity contribution is 7.85. The summed E-state index contributed by atoms with van der Waals surface area (Å²) in [6.07, 6.45) is 3.73. The first-order valence-corrected chi connectivity index (χ1v) is 6.02. The second kappa shape index (κ2) is 4.24. The van der Waals surface area contributed by atoms with E-state index >= 15 is 0 Å². The van der Waals surface area contributed by atoms with Crippen LogP contribution in [0.1, 0.15) is 33.1 Å². The third kappa shape index (κ3) is 3.37. The third-order valence-electron chi connectivity index (χ3n) is 2.31. The van der Waals surface area contributed by atoms with Crippen molar-refractivity contribution in [2.75, 3.05) is 11.5 Å². The molecular weight excluding hydrogens is 156 g/mol. The summed E-state index contributed by atoms with van der Waals surface area (Å²) in [5.41, 5.74) is 0. The van der Waals surface area contributed by atoms with Gasteiger partial charge in [0.1, 0.15) is 0 Å². The predicted octanol–water partition coefficient (Wildman–Crippen LogP) is 2.19. The Kier molecular flexibility index (Phi) is 3.57. The highest BCUT2D eigenvalue weighted by Crippen LogP contribution is 2.23. The van der Waals surface area contributed by atoms with Crippen LogP contribution in [-0.4, -0.2) is 15.7 Å². The minimum Gasteiger partial charge on any atom is -0.260 e. The fourth-order valence-electron chi connectivity index (χ4n) is 1.74. The molecule has 1 rings (SSSR count). The number of rotatable bonds is 2. The largest absolute Gasteiger partial charge is 0.260 e. The van der Waals surface area contributed by atoms with Crippen molar-refractivity contribution in [1.82, 2.24) is 0 Å². The summed E-state index contributed by atoms with van der Waals surface area (Å²) >= 11 is 0. The predicted molar refractivity (Wildman–Crippen MR) is 50.1 cm³/mol. The van der Waals surface area contributed by atoms with Gasteiger partial charge in [0, 0.05) is 22.3 Å². The molecule has 0 N–H and O–H groups in total. The van der Waals surface area contributed by atoms with Gasteiger partial charge in [0.25, 0.3) is 0 Å². The molecule has 0 radical (unpaired) electrons. The lowest BCUT2D eigenvalue weighted by molar-refractivity contribution is 0.383. The van der Waals surface area contributed by atoms with Gasteiger partial charge in [-0.25, -0.2) is 0 Å². The van der Waals surface area contributed by atoms with E-state index < -0.39 is 10.8 Å². The molecule has 0 aromatic rings. The maximum Gasteiger partial charge on any atom is 0.0237 e. The van der Waals surface area contributed by atoms with E-state index in [2.05, 4.69) is 13.8 Å². The second-order valence-electron chi connectivity index (χ2n) is 3.92. The van der Waals surface area contributed by atoms with Gasteiger partial charge < -0.3 is 0 Å². The van der Waals surface area contributed by atoms with Gasteiger partial charge in [-0.05, 0) is 31.1 Å². The van der Waals surface area contributed by atoms with Crippen molar-refractivity contribution < 1.29 is 4.21 Å². The average Bonchev–Trinajstić information content (AvgIpc) is 1.93. The molecule has 0 amide bonds. The van der Waals surface area contributed by atoms with E-state index in [4.69, 9.17) is 0 Å². The van der Waals surface area contributed by atoms with E-state index in [0.29, 0.717) is 0 Å². The summed E-state index contributed by atoms with van der Waals surface area (Å²) < 4.78 is 11.0. The van der Waals surface area contributed by atoms with E-state index in [1.165, 1.54) is 19.3 Å². The van der Waals surface area contributed by atoms with Crippen molar-refractivity contribution in [3.05, 3.63) is 0 Å². The van der Waals surface area contributed by atoms with Crippen LogP contribution in [0.15, 0.2) is 0 Å². The van der Waals surface area contributed by atoms with Gasteiger partial charge in [0.05, 0.1) is 0 Å². The number of hydrogen-bond acceptors (Lipinski definition) is 1. The molecule has 1 heterocycles. The van der Waals surface area contributed by atoms with Crippen LogP contribution in [-0.2, 0) is 10.8 Å². The van der Waals surface area contributed by atoms with E-state index in [9.17, 15) is 4.21 Å². The summed E-state index contributed by atoms with van der Waals surface area (Å²) in [7, 11) is -0.476. The van der Waals surface area contributed by atoms with Crippen LogP contribution in [0.25, 0.3) is 0 Å². The van der Waals surface area contributed by atoms with E-state index in [1.807, 2.05) is 0 Å². The van der Waals surface area contributed by atoms with Crippen LogP contribution in [0, 0.1) is 11.8 Å². The summed E-state index contributed by atoms with van der Waals surface area (Å²) in [4.78, 5) is 0. The molecule has 1 aliphatic heterocycles. The lowest BCUT2D eigenvalue weighted by Gasteiger charge is -2.22. The van der Waals surface area contributed by atoms with Crippen molar-refractivity contribution in [1.29, 1.82) is 0 Å². The lowest BCUT2D eigenvalue weighted by atomic mass is 9.92. The molecule has 0 saturated carbocycles. The van der Waals surface area contributed by atoms with Gasteiger partial charge in [-0.2, -0.15) is 0 Å². The Hall–Kier alpha value is 0.150. The molecule has 0 aromatic carbocycles. The topological polar surface area (TPSA) is 17.1 Å². The fourth-order valence-corrected chi connectivity index (χ4v) is 3.14. The highest BCUT2D eigenvalue weighted by atomic mass is 32.2. The molecule has 0 bridgehead atoms. The Labute approximate surface area is 72.0 Å².